The summed E-state index contributed by atoms with van der Waals surface area (Å²) in [5, 5.41) is 0. The van der Waals surface area contributed by atoms with E-state index >= 15 is 0 Å². The van der Waals surface area contributed by atoms with Crippen LogP contribution < -0.4 is 0 Å². The lowest BCUT2D eigenvalue weighted by Crippen LogP contribution is -2.40. The van der Waals surface area contributed by atoms with Crippen LogP contribution in [0.1, 0.15) is 77.2 Å². The SMILES string of the molecule is CCCCC12CCC(CCCC)(O1)C(OCc1ccccc1)C2. The van der Waals surface area contributed by atoms with Crippen LogP contribution in [0, 0.1) is 0 Å². The molecule has 3 rings (SSSR count). The third-order valence-electron chi connectivity index (χ3n) is 5.80. The van der Waals surface area contributed by atoms with Gasteiger partial charge in [-0.2, -0.15) is 0 Å². The molecule has 2 aliphatic rings. The largest absolute Gasteiger partial charge is 0.370 e. The minimum absolute atomic E-state index is 0.00146. The molecule has 2 nitrogen and oxygen atoms in total. The normalized spacial score (nSPS) is 32.5. The van der Waals surface area contributed by atoms with Gasteiger partial charge >= 0.3 is 0 Å². The van der Waals surface area contributed by atoms with Gasteiger partial charge in [-0.3, -0.25) is 0 Å². The molecule has 0 saturated carbocycles. The van der Waals surface area contributed by atoms with Gasteiger partial charge in [-0.1, -0.05) is 69.9 Å². The molecule has 2 heterocycles. The summed E-state index contributed by atoms with van der Waals surface area (Å²) in [6, 6.07) is 10.5. The molecule has 0 amide bonds. The Balaban J connectivity index is 1.67. The lowest BCUT2D eigenvalue weighted by Gasteiger charge is -2.33. The molecule has 0 spiro atoms. The van der Waals surface area contributed by atoms with Crippen LogP contribution in [0.25, 0.3) is 0 Å². The van der Waals surface area contributed by atoms with Gasteiger partial charge in [-0.05, 0) is 31.2 Å². The second-order valence-corrected chi connectivity index (χ2v) is 7.55. The summed E-state index contributed by atoms with van der Waals surface area (Å²) >= 11 is 0. The van der Waals surface area contributed by atoms with Crippen LogP contribution in [-0.2, 0) is 16.1 Å². The van der Waals surface area contributed by atoms with E-state index in [0.29, 0.717) is 6.61 Å². The molecule has 0 aromatic heterocycles. The van der Waals surface area contributed by atoms with Crippen LogP contribution in [0.3, 0.4) is 0 Å². The van der Waals surface area contributed by atoms with Crippen molar-refractivity contribution in [3.05, 3.63) is 35.9 Å². The van der Waals surface area contributed by atoms with Crippen molar-refractivity contribution >= 4 is 0 Å². The highest BCUT2D eigenvalue weighted by atomic mass is 16.6. The molecular formula is C21H32O2. The molecule has 1 aromatic carbocycles. The lowest BCUT2D eigenvalue weighted by molar-refractivity contribution is -0.104. The fraction of sp³-hybridized carbons (Fsp3) is 0.714. The topological polar surface area (TPSA) is 18.5 Å². The van der Waals surface area contributed by atoms with Crippen LogP contribution in [0.15, 0.2) is 30.3 Å². The zero-order chi connectivity index (χ0) is 16.2. The Morgan fingerprint density at radius 2 is 1.78 bits per heavy atom. The van der Waals surface area contributed by atoms with Gasteiger partial charge in [0, 0.05) is 6.42 Å². The third kappa shape index (κ3) is 3.64. The van der Waals surface area contributed by atoms with E-state index in [1.165, 1.54) is 50.5 Å². The second kappa shape index (κ2) is 7.36. The highest BCUT2D eigenvalue weighted by molar-refractivity contribution is 5.15. The number of fused-ring (bicyclic) bond motifs is 2. The fourth-order valence-electron chi connectivity index (χ4n) is 4.44. The first kappa shape index (κ1) is 17.0. The number of hydrogen-bond acceptors (Lipinski definition) is 2. The summed E-state index contributed by atoms with van der Waals surface area (Å²) in [7, 11) is 0. The maximum absolute atomic E-state index is 6.73. The molecule has 23 heavy (non-hydrogen) atoms. The predicted octanol–water partition coefficient (Wildman–Crippen LogP) is 5.64. The van der Waals surface area contributed by atoms with Crippen molar-refractivity contribution in [1.29, 1.82) is 0 Å². The molecule has 2 saturated heterocycles. The van der Waals surface area contributed by atoms with E-state index in [4.69, 9.17) is 9.47 Å². The predicted molar refractivity (Wildman–Crippen MR) is 94.5 cm³/mol. The molecule has 2 aliphatic heterocycles. The van der Waals surface area contributed by atoms with Gasteiger partial charge in [0.05, 0.1) is 23.9 Å². The number of ether oxygens (including phenoxy) is 2. The fourth-order valence-corrected chi connectivity index (χ4v) is 4.44. The summed E-state index contributed by atoms with van der Waals surface area (Å²) in [5.41, 5.74) is 1.38. The third-order valence-corrected chi connectivity index (χ3v) is 5.80. The standard InChI is InChI=1S/C21H32O2/c1-3-5-12-20-14-15-21(23-20,13-6-4-2)19(16-20)22-17-18-10-8-7-9-11-18/h7-11,19H,3-6,12-17H2,1-2H3. The molecule has 0 N–H and O–H groups in total. The van der Waals surface area contributed by atoms with Crippen LogP contribution in [0.5, 0.6) is 0 Å². The Bertz CT molecular complexity index is 486. The second-order valence-electron chi connectivity index (χ2n) is 7.55. The molecule has 2 bridgehead atoms. The van der Waals surface area contributed by atoms with Crippen molar-refractivity contribution in [2.45, 2.75) is 95.5 Å². The molecule has 0 aliphatic carbocycles. The molecule has 2 fully saturated rings. The zero-order valence-corrected chi connectivity index (χ0v) is 14.9. The first-order valence-corrected chi connectivity index (χ1v) is 9.58. The van der Waals surface area contributed by atoms with Gasteiger partial charge in [-0.25, -0.2) is 0 Å². The van der Waals surface area contributed by atoms with Crippen LogP contribution in [-0.4, -0.2) is 17.3 Å². The van der Waals surface area contributed by atoms with Crippen molar-refractivity contribution in [2.24, 2.45) is 0 Å². The molecular weight excluding hydrogens is 284 g/mol. The summed E-state index contributed by atoms with van der Waals surface area (Å²) in [4.78, 5) is 0. The van der Waals surface area contributed by atoms with E-state index in [0.717, 1.165) is 12.8 Å². The number of unbranched alkanes of at least 4 members (excludes halogenated alkanes) is 2. The number of rotatable bonds is 9. The molecule has 0 radical (unpaired) electrons. The number of hydrogen-bond donors (Lipinski definition) is 0. The molecule has 128 valence electrons. The first-order chi connectivity index (χ1) is 11.2. The summed E-state index contributed by atoms with van der Waals surface area (Å²) < 4.78 is 13.1. The molecule has 3 unspecified atom stereocenters. The van der Waals surface area contributed by atoms with E-state index in [-0.39, 0.29) is 17.3 Å². The lowest BCUT2D eigenvalue weighted by atomic mass is 9.76. The van der Waals surface area contributed by atoms with Gasteiger partial charge in [-0.15, -0.1) is 0 Å². The minimum Gasteiger partial charge on any atom is -0.370 e. The Morgan fingerprint density at radius 3 is 2.52 bits per heavy atom. The van der Waals surface area contributed by atoms with E-state index in [2.05, 4.69) is 44.2 Å². The van der Waals surface area contributed by atoms with Crippen LogP contribution >= 0.6 is 0 Å². The average molecular weight is 316 g/mol. The molecule has 3 atom stereocenters. The minimum atomic E-state index is -0.00146. The van der Waals surface area contributed by atoms with Crippen LogP contribution in [0.4, 0.5) is 0 Å². The van der Waals surface area contributed by atoms with E-state index in [1.54, 1.807) is 0 Å². The summed E-state index contributed by atoms with van der Waals surface area (Å²) in [5.74, 6) is 0. The smallest absolute Gasteiger partial charge is 0.0952 e. The van der Waals surface area contributed by atoms with E-state index in [9.17, 15) is 0 Å². The van der Waals surface area contributed by atoms with Crippen LogP contribution in [0.2, 0.25) is 0 Å². The highest BCUT2D eigenvalue weighted by Crippen LogP contribution is 2.56. The van der Waals surface area contributed by atoms with Gasteiger partial charge in [0.15, 0.2) is 0 Å². The molecule has 2 heteroatoms. The van der Waals surface area contributed by atoms with Crippen molar-refractivity contribution in [1.82, 2.24) is 0 Å². The Labute approximate surface area is 141 Å². The average Bonchev–Trinajstić information content (AvgIpc) is 3.11. The summed E-state index contributed by atoms with van der Waals surface area (Å²) in [6.07, 6.45) is 11.2. The van der Waals surface area contributed by atoms with Gasteiger partial charge in [0.25, 0.3) is 0 Å². The Kier molecular flexibility index (Phi) is 5.43. The van der Waals surface area contributed by atoms with Crippen molar-refractivity contribution in [2.75, 3.05) is 0 Å². The monoisotopic (exact) mass is 316 g/mol. The van der Waals surface area contributed by atoms with Gasteiger partial charge in [0.1, 0.15) is 0 Å². The summed E-state index contributed by atoms with van der Waals surface area (Å²) in [6.45, 7) is 5.26. The number of benzene rings is 1. The maximum Gasteiger partial charge on any atom is 0.0952 e. The zero-order valence-electron chi connectivity index (χ0n) is 14.9. The quantitative estimate of drug-likeness (QED) is 0.586. The van der Waals surface area contributed by atoms with Crippen molar-refractivity contribution in [3.8, 4) is 0 Å². The van der Waals surface area contributed by atoms with Gasteiger partial charge < -0.3 is 9.47 Å². The molecule has 1 aromatic rings. The Morgan fingerprint density at radius 1 is 1.04 bits per heavy atom. The first-order valence-electron chi connectivity index (χ1n) is 9.58. The highest BCUT2D eigenvalue weighted by Gasteiger charge is 2.60. The van der Waals surface area contributed by atoms with E-state index in [1.807, 2.05) is 0 Å². The van der Waals surface area contributed by atoms with Crippen molar-refractivity contribution in [3.63, 3.8) is 0 Å². The Hall–Kier alpha value is -0.860. The van der Waals surface area contributed by atoms with Crippen molar-refractivity contribution < 1.29 is 9.47 Å². The van der Waals surface area contributed by atoms with Gasteiger partial charge in [0.2, 0.25) is 0 Å². The van der Waals surface area contributed by atoms with E-state index < -0.39 is 0 Å². The maximum atomic E-state index is 6.73.